The van der Waals surface area contributed by atoms with Gasteiger partial charge in [-0.25, -0.2) is 4.98 Å². The number of hydrogen-bond acceptors (Lipinski definition) is 1. The van der Waals surface area contributed by atoms with Crippen molar-refractivity contribution in [3.63, 3.8) is 0 Å². The summed E-state index contributed by atoms with van der Waals surface area (Å²) in [5.74, 6) is 0. The number of hydrogen-bond donors (Lipinski definition) is 0. The molecule has 0 radical (unpaired) electrons. The van der Waals surface area contributed by atoms with Gasteiger partial charge in [0.25, 0.3) is 0 Å². The average molecular weight is 616 g/mol. The first kappa shape index (κ1) is 29.6. The van der Waals surface area contributed by atoms with Crippen molar-refractivity contribution in [2.45, 2.75) is 26.2 Å². The van der Waals surface area contributed by atoms with E-state index in [-0.39, 0.29) is 5.41 Å². The van der Waals surface area contributed by atoms with Gasteiger partial charge in [0.15, 0.2) is 0 Å². The molecular formula is C47H37N. The lowest BCUT2D eigenvalue weighted by atomic mass is 9.83. The van der Waals surface area contributed by atoms with Crippen LogP contribution < -0.4 is 0 Å². The third kappa shape index (κ3) is 5.48. The van der Waals surface area contributed by atoms with E-state index in [0.29, 0.717) is 0 Å². The normalized spacial score (nSPS) is 11.6. The molecule has 1 heteroatoms. The van der Waals surface area contributed by atoms with E-state index in [1.807, 2.05) is 6.07 Å². The van der Waals surface area contributed by atoms with Gasteiger partial charge in [-0.3, -0.25) is 0 Å². The molecule has 7 aromatic carbocycles. The molecular weight excluding hydrogens is 579 g/mol. The van der Waals surface area contributed by atoms with E-state index < -0.39 is 0 Å². The summed E-state index contributed by atoms with van der Waals surface area (Å²) >= 11 is 0. The highest BCUT2D eigenvalue weighted by molar-refractivity contribution is 6.22. The molecule has 0 spiro atoms. The molecule has 8 rings (SSSR count). The summed E-state index contributed by atoms with van der Waals surface area (Å²) in [7, 11) is 0. The Morgan fingerprint density at radius 2 is 0.771 bits per heavy atom. The summed E-state index contributed by atoms with van der Waals surface area (Å²) in [6.07, 6.45) is 0. The first-order valence-electron chi connectivity index (χ1n) is 16.7. The fourth-order valence-corrected chi connectivity index (χ4v) is 6.93. The number of benzene rings is 7. The molecule has 8 aromatic rings. The van der Waals surface area contributed by atoms with Crippen molar-refractivity contribution in [1.29, 1.82) is 0 Å². The summed E-state index contributed by atoms with van der Waals surface area (Å²) in [6.45, 7) is 6.80. The molecule has 0 N–H and O–H groups in total. The average Bonchev–Trinajstić information content (AvgIpc) is 3.14. The predicted molar refractivity (Wildman–Crippen MR) is 205 cm³/mol. The van der Waals surface area contributed by atoms with Crippen LogP contribution in [0.15, 0.2) is 170 Å². The molecule has 230 valence electrons. The number of pyridine rings is 1. The minimum absolute atomic E-state index is 0.114. The van der Waals surface area contributed by atoms with Gasteiger partial charge in [-0.1, -0.05) is 166 Å². The Hall–Kier alpha value is -5.79. The molecule has 0 unspecified atom stereocenters. The highest BCUT2D eigenvalue weighted by Gasteiger charge is 2.19. The fourth-order valence-electron chi connectivity index (χ4n) is 6.93. The van der Waals surface area contributed by atoms with Crippen LogP contribution in [0, 0.1) is 0 Å². The summed E-state index contributed by atoms with van der Waals surface area (Å²) in [6, 6.07) is 61.4. The zero-order valence-corrected chi connectivity index (χ0v) is 27.6. The second-order valence-corrected chi connectivity index (χ2v) is 13.6. The maximum absolute atomic E-state index is 5.13. The Bertz CT molecular complexity index is 2380. The van der Waals surface area contributed by atoms with Crippen molar-refractivity contribution in [3.8, 4) is 55.9 Å². The van der Waals surface area contributed by atoms with E-state index in [1.165, 1.54) is 60.5 Å². The van der Waals surface area contributed by atoms with E-state index in [0.717, 1.165) is 22.5 Å². The van der Waals surface area contributed by atoms with Crippen molar-refractivity contribution in [2.24, 2.45) is 0 Å². The van der Waals surface area contributed by atoms with Crippen LogP contribution in [0.1, 0.15) is 26.3 Å². The zero-order valence-electron chi connectivity index (χ0n) is 27.6. The third-order valence-electron chi connectivity index (χ3n) is 9.44. The van der Waals surface area contributed by atoms with Gasteiger partial charge in [0.05, 0.1) is 11.4 Å². The summed E-state index contributed by atoms with van der Waals surface area (Å²) in [5.41, 5.74) is 13.0. The first-order valence-corrected chi connectivity index (χ1v) is 16.7. The quantitative estimate of drug-likeness (QED) is 0.176. The molecule has 1 aromatic heterocycles. The molecule has 0 amide bonds. The highest BCUT2D eigenvalue weighted by atomic mass is 14.7. The van der Waals surface area contributed by atoms with Crippen LogP contribution in [-0.2, 0) is 5.41 Å². The number of fused-ring (bicyclic) bond motifs is 2. The molecule has 0 saturated carbocycles. The molecule has 0 saturated heterocycles. The van der Waals surface area contributed by atoms with Crippen molar-refractivity contribution in [3.05, 3.63) is 175 Å². The third-order valence-corrected chi connectivity index (χ3v) is 9.44. The lowest BCUT2D eigenvalue weighted by Crippen LogP contribution is -2.10. The maximum Gasteiger partial charge on any atom is 0.0709 e. The summed E-state index contributed by atoms with van der Waals surface area (Å²) in [5, 5.41) is 4.95. The molecule has 1 nitrogen and oxygen atoms in total. The maximum atomic E-state index is 5.13. The Kier molecular flexibility index (Phi) is 7.46. The van der Waals surface area contributed by atoms with E-state index in [1.54, 1.807) is 0 Å². The smallest absolute Gasteiger partial charge is 0.0709 e. The molecule has 0 aliphatic heterocycles. The minimum Gasteiger partial charge on any atom is -0.248 e. The summed E-state index contributed by atoms with van der Waals surface area (Å²) < 4.78 is 0. The zero-order chi connectivity index (χ0) is 32.7. The monoisotopic (exact) mass is 615 g/mol. The molecule has 1 heterocycles. The molecule has 0 aliphatic rings. The largest absolute Gasteiger partial charge is 0.248 e. The van der Waals surface area contributed by atoms with Gasteiger partial charge in [0.2, 0.25) is 0 Å². The second kappa shape index (κ2) is 12.1. The Morgan fingerprint density at radius 3 is 1.29 bits per heavy atom. The van der Waals surface area contributed by atoms with E-state index in [9.17, 15) is 0 Å². The number of aromatic nitrogens is 1. The molecule has 0 bridgehead atoms. The van der Waals surface area contributed by atoms with Crippen molar-refractivity contribution < 1.29 is 0 Å². The van der Waals surface area contributed by atoms with Gasteiger partial charge in [-0.2, -0.15) is 0 Å². The van der Waals surface area contributed by atoms with Crippen molar-refractivity contribution in [2.75, 3.05) is 0 Å². The van der Waals surface area contributed by atoms with Gasteiger partial charge >= 0.3 is 0 Å². The van der Waals surface area contributed by atoms with Gasteiger partial charge in [0.1, 0.15) is 0 Å². The standard InChI is InChI=1S/C47H37N/c1-47(2,3)38-26-22-32(23-27-38)36-24-28-39-41(30-36)45(34-16-9-5-10-17-34)40-29-25-37(31-42(40)46(39)35-18-11-6-12-19-35)44-21-13-20-43(48-44)33-14-7-4-8-15-33/h4-31H,1-3H3. The molecule has 0 aliphatic carbocycles. The Labute approximate surface area is 283 Å². The van der Waals surface area contributed by atoms with Gasteiger partial charge < -0.3 is 0 Å². The predicted octanol–water partition coefficient (Wildman–Crippen LogP) is 13.0. The van der Waals surface area contributed by atoms with E-state index in [2.05, 4.69) is 185 Å². The topological polar surface area (TPSA) is 12.9 Å². The van der Waals surface area contributed by atoms with Gasteiger partial charge in [-0.05, 0) is 90.2 Å². The lowest BCUT2D eigenvalue weighted by Gasteiger charge is -2.20. The van der Waals surface area contributed by atoms with Crippen LogP contribution in [0.5, 0.6) is 0 Å². The van der Waals surface area contributed by atoms with E-state index >= 15 is 0 Å². The van der Waals surface area contributed by atoms with Crippen molar-refractivity contribution in [1.82, 2.24) is 4.98 Å². The Balaban J connectivity index is 1.40. The Morgan fingerprint density at radius 1 is 0.333 bits per heavy atom. The van der Waals surface area contributed by atoms with E-state index in [4.69, 9.17) is 4.98 Å². The molecule has 48 heavy (non-hydrogen) atoms. The second-order valence-electron chi connectivity index (χ2n) is 13.6. The number of nitrogens with zero attached hydrogens (tertiary/aromatic N) is 1. The first-order chi connectivity index (χ1) is 23.4. The van der Waals surface area contributed by atoms with Crippen LogP contribution in [-0.4, -0.2) is 4.98 Å². The van der Waals surface area contributed by atoms with Crippen LogP contribution in [0.25, 0.3) is 77.4 Å². The van der Waals surface area contributed by atoms with Gasteiger partial charge in [0, 0.05) is 11.1 Å². The fraction of sp³-hybridized carbons (Fsp3) is 0.0851. The van der Waals surface area contributed by atoms with Crippen LogP contribution in [0.4, 0.5) is 0 Å². The summed E-state index contributed by atoms with van der Waals surface area (Å²) in [4.78, 5) is 5.13. The van der Waals surface area contributed by atoms with Crippen LogP contribution >= 0.6 is 0 Å². The van der Waals surface area contributed by atoms with Crippen LogP contribution in [0.2, 0.25) is 0 Å². The molecule has 0 atom stereocenters. The minimum atomic E-state index is 0.114. The SMILES string of the molecule is CC(C)(C)c1ccc(-c2ccc3c(-c4ccccc4)c4cc(-c5cccc(-c6ccccc6)n5)ccc4c(-c4ccccc4)c3c2)cc1. The highest BCUT2D eigenvalue weighted by Crippen LogP contribution is 2.46. The lowest BCUT2D eigenvalue weighted by molar-refractivity contribution is 0.590. The molecule has 0 fully saturated rings. The van der Waals surface area contributed by atoms with Gasteiger partial charge in [-0.15, -0.1) is 0 Å². The number of rotatable bonds is 5. The van der Waals surface area contributed by atoms with Crippen molar-refractivity contribution >= 4 is 21.5 Å². The van der Waals surface area contributed by atoms with Crippen LogP contribution in [0.3, 0.4) is 0 Å².